The highest BCUT2D eigenvalue weighted by Gasteiger charge is 2.24. The van der Waals surface area contributed by atoms with Gasteiger partial charge in [0.15, 0.2) is 0 Å². The second kappa shape index (κ2) is 10.4. The molecule has 8 heteroatoms. The van der Waals surface area contributed by atoms with E-state index >= 15 is 0 Å². The lowest BCUT2D eigenvalue weighted by atomic mass is 10.0. The van der Waals surface area contributed by atoms with Crippen molar-refractivity contribution >= 4 is 21.6 Å². The summed E-state index contributed by atoms with van der Waals surface area (Å²) in [7, 11) is -3.85. The average molecular weight is 482 g/mol. The Morgan fingerprint density at radius 1 is 0.941 bits per heavy atom. The number of sulfonamides is 1. The molecule has 1 saturated heterocycles. The number of carbonyl (C=O) groups is 1. The van der Waals surface area contributed by atoms with E-state index in [4.69, 9.17) is 0 Å². The van der Waals surface area contributed by atoms with Gasteiger partial charge in [0.2, 0.25) is 0 Å². The highest BCUT2D eigenvalue weighted by Crippen LogP contribution is 2.25. The van der Waals surface area contributed by atoms with E-state index in [1.807, 2.05) is 0 Å². The van der Waals surface area contributed by atoms with Crippen LogP contribution in [-0.4, -0.2) is 38.9 Å². The topological polar surface area (TPSA) is 78.5 Å². The normalized spacial score (nSPS) is 15.1. The standard InChI is InChI=1S/C26H28FN3O3S/c1-19-4-6-20(7-5-19)25(30-16-2-3-17-30)18-28-26(31)21-8-12-23(13-9-21)29-34(32,33)24-14-10-22(27)11-15-24/h4-15,25,29H,2-3,16-18H2,1H3,(H,28,31). The van der Waals surface area contributed by atoms with Crippen LogP contribution >= 0.6 is 0 Å². The van der Waals surface area contributed by atoms with Crippen LogP contribution in [0.3, 0.4) is 0 Å². The number of nitrogens with one attached hydrogen (secondary N) is 2. The van der Waals surface area contributed by atoms with Crippen LogP contribution in [0.1, 0.15) is 40.4 Å². The SMILES string of the molecule is Cc1ccc(C(CNC(=O)c2ccc(NS(=O)(=O)c3ccc(F)cc3)cc2)N2CCCC2)cc1. The Morgan fingerprint density at radius 3 is 2.18 bits per heavy atom. The molecule has 1 fully saturated rings. The minimum Gasteiger partial charge on any atom is -0.350 e. The molecule has 0 radical (unpaired) electrons. The number of benzene rings is 3. The largest absolute Gasteiger partial charge is 0.350 e. The Labute approximate surface area is 199 Å². The number of halogens is 1. The van der Waals surface area contributed by atoms with Crippen molar-refractivity contribution < 1.29 is 17.6 Å². The van der Waals surface area contributed by atoms with Gasteiger partial charge in [0.05, 0.1) is 10.9 Å². The maximum atomic E-state index is 13.1. The zero-order valence-corrected chi connectivity index (χ0v) is 19.8. The summed E-state index contributed by atoms with van der Waals surface area (Å²) in [5, 5.41) is 3.03. The Kier molecular flexibility index (Phi) is 7.29. The van der Waals surface area contributed by atoms with Gasteiger partial charge < -0.3 is 5.32 Å². The fraction of sp³-hybridized carbons (Fsp3) is 0.269. The quantitative estimate of drug-likeness (QED) is 0.497. The molecule has 2 N–H and O–H groups in total. The second-order valence-electron chi connectivity index (χ2n) is 8.52. The van der Waals surface area contributed by atoms with Gasteiger partial charge in [-0.3, -0.25) is 14.4 Å². The third-order valence-electron chi connectivity index (χ3n) is 6.02. The molecule has 0 saturated carbocycles. The molecule has 1 aliphatic rings. The molecule has 3 aromatic carbocycles. The average Bonchev–Trinajstić information content (AvgIpc) is 3.35. The summed E-state index contributed by atoms with van der Waals surface area (Å²) < 4.78 is 40.5. The third kappa shape index (κ3) is 5.81. The van der Waals surface area contributed by atoms with Gasteiger partial charge in [-0.15, -0.1) is 0 Å². The first-order chi connectivity index (χ1) is 16.3. The van der Waals surface area contributed by atoms with Crippen LogP contribution in [0.4, 0.5) is 10.1 Å². The molecule has 3 aromatic rings. The molecule has 1 unspecified atom stereocenters. The molecular weight excluding hydrogens is 453 g/mol. The number of nitrogens with zero attached hydrogens (tertiary/aromatic N) is 1. The van der Waals surface area contributed by atoms with E-state index in [2.05, 4.69) is 46.1 Å². The van der Waals surface area contributed by atoms with Crippen LogP contribution in [0.2, 0.25) is 0 Å². The van der Waals surface area contributed by atoms with Gasteiger partial charge in [-0.1, -0.05) is 29.8 Å². The van der Waals surface area contributed by atoms with E-state index in [9.17, 15) is 17.6 Å². The Hall–Kier alpha value is -3.23. The van der Waals surface area contributed by atoms with Gasteiger partial charge in [0.25, 0.3) is 15.9 Å². The van der Waals surface area contributed by atoms with Crippen LogP contribution in [0.25, 0.3) is 0 Å². The second-order valence-corrected chi connectivity index (χ2v) is 10.2. The van der Waals surface area contributed by atoms with Crippen LogP contribution in [0, 0.1) is 12.7 Å². The molecule has 1 amide bonds. The molecular formula is C26H28FN3O3S. The van der Waals surface area contributed by atoms with E-state index in [0.717, 1.165) is 38.1 Å². The van der Waals surface area contributed by atoms with Crippen molar-refractivity contribution in [3.05, 3.63) is 95.3 Å². The van der Waals surface area contributed by atoms with Crippen LogP contribution < -0.4 is 10.0 Å². The van der Waals surface area contributed by atoms with Crippen molar-refractivity contribution in [1.82, 2.24) is 10.2 Å². The monoisotopic (exact) mass is 481 g/mol. The zero-order valence-electron chi connectivity index (χ0n) is 19.0. The molecule has 0 aromatic heterocycles. The van der Waals surface area contributed by atoms with E-state index in [0.29, 0.717) is 17.8 Å². The lowest BCUT2D eigenvalue weighted by molar-refractivity contribution is 0.0938. The first-order valence-electron chi connectivity index (χ1n) is 11.3. The van der Waals surface area contributed by atoms with E-state index in [1.54, 1.807) is 12.1 Å². The fourth-order valence-electron chi connectivity index (χ4n) is 4.11. The summed E-state index contributed by atoms with van der Waals surface area (Å²) in [6.07, 6.45) is 2.32. The minimum absolute atomic E-state index is 0.0419. The number of anilines is 1. The summed E-state index contributed by atoms with van der Waals surface area (Å²) in [5.74, 6) is -0.729. The molecule has 0 bridgehead atoms. The predicted octanol–water partition coefficient (Wildman–Crippen LogP) is 4.50. The molecule has 34 heavy (non-hydrogen) atoms. The van der Waals surface area contributed by atoms with Crippen molar-refractivity contribution in [1.29, 1.82) is 0 Å². The maximum Gasteiger partial charge on any atom is 0.261 e. The molecule has 4 rings (SSSR count). The minimum atomic E-state index is -3.85. The van der Waals surface area contributed by atoms with Crippen molar-refractivity contribution in [3.8, 4) is 0 Å². The number of likely N-dealkylation sites (tertiary alicyclic amines) is 1. The van der Waals surface area contributed by atoms with Gasteiger partial charge >= 0.3 is 0 Å². The molecule has 0 aliphatic carbocycles. The van der Waals surface area contributed by atoms with Crippen molar-refractivity contribution in [2.75, 3.05) is 24.4 Å². The van der Waals surface area contributed by atoms with Crippen LogP contribution in [0.15, 0.2) is 77.7 Å². The summed E-state index contributed by atoms with van der Waals surface area (Å²) >= 11 is 0. The van der Waals surface area contributed by atoms with E-state index in [-0.39, 0.29) is 16.8 Å². The molecule has 6 nitrogen and oxygen atoms in total. The molecule has 1 atom stereocenters. The lowest BCUT2D eigenvalue weighted by Gasteiger charge is -2.28. The van der Waals surface area contributed by atoms with Gasteiger partial charge in [-0.05, 0) is 86.9 Å². The Morgan fingerprint density at radius 2 is 1.56 bits per heavy atom. The van der Waals surface area contributed by atoms with Crippen LogP contribution in [-0.2, 0) is 10.0 Å². The smallest absolute Gasteiger partial charge is 0.261 e. The number of carbonyl (C=O) groups excluding carboxylic acids is 1. The number of rotatable bonds is 8. The molecule has 1 aliphatic heterocycles. The summed E-state index contributed by atoms with van der Waals surface area (Å²) in [5.41, 5.74) is 3.13. The fourth-order valence-corrected chi connectivity index (χ4v) is 5.17. The van der Waals surface area contributed by atoms with Gasteiger partial charge in [-0.2, -0.15) is 0 Å². The highest BCUT2D eigenvalue weighted by molar-refractivity contribution is 7.92. The first kappa shape index (κ1) is 23.9. The zero-order chi connectivity index (χ0) is 24.1. The van der Waals surface area contributed by atoms with Crippen molar-refractivity contribution in [2.45, 2.75) is 30.7 Å². The van der Waals surface area contributed by atoms with Crippen LogP contribution in [0.5, 0.6) is 0 Å². The Bertz CT molecular complexity index is 1220. The van der Waals surface area contributed by atoms with Gasteiger partial charge in [-0.25, -0.2) is 12.8 Å². The highest BCUT2D eigenvalue weighted by atomic mass is 32.2. The summed E-state index contributed by atoms with van der Waals surface area (Å²) in [4.78, 5) is 15.2. The number of hydrogen-bond acceptors (Lipinski definition) is 4. The lowest BCUT2D eigenvalue weighted by Crippen LogP contribution is -2.36. The number of aryl methyl sites for hydroxylation is 1. The Balaban J connectivity index is 1.40. The molecule has 1 heterocycles. The number of amides is 1. The van der Waals surface area contributed by atoms with E-state index in [1.165, 1.54) is 35.4 Å². The van der Waals surface area contributed by atoms with Crippen molar-refractivity contribution in [3.63, 3.8) is 0 Å². The maximum absolute atomic E-state index is 13.1. The first-order valence-corrected chi connectivity index (χ1v) is 12.8. The van der Waals surface area contributed by atoms with Crippen molar-refractivity contribution in [2.24, 2.45) is 0 Å². The summed E-state index contributed by atoms with van der Waals surface area (Å²) in [6.45, 7) is 4.56. The third-order valence-corrected chi connectivity index (χ3v) is 7.42. The molecule has 178 valence electrons. The summed E-state index contributed by atoms with van der Waals surface area (Å²) in [6, 6.07) is 19.3. The predicted molar refractivity (Wildman–Crippen MR) is 131 cm³/mol. The van der Waals surface area contributed by atoms with Gasteiger partial charge in [0.1, 0.15) is 5.82 Å². The van der Waals surface area contributed by atoms with Gasteiger partial charge in [0, 0.05) is 17.8 Å². The molecule has 0 spiro atoms. The number of hydrogen-bond donors (Lipinski definition) is 2. The van der Waals surface area contributed by atoms with E-state index < -0.39 is 15.8 Å².